The molecule has 0 aliphatic carbocycles. The average Bonchev–Trinajstić information content (AvgIpc) is 3.65. The van der Waals surface area contributed by atoms with Crippen LogP contribution in [0.1, 0.15) is 0 Å². The molecule has 0 atom stereocenters. The molecule has 10 rings (SSSR count). The molecule has 4 heteroatoms. The third-order valence-electron chi connectivity index (χ3n) is 9.71. The van der Waals surface area contributed by atoms with Crippen LogP contribution in [0.5, 0.6) is 0 Å². The van der Waals surface area contributed by atoms with Gasteiger partial charge in [0, 0.05) is 15.8 Å². The number of thiophene rings is 1. The fraction of sp³-hybridized carbons (Fsp3) is 0. The molecular formula is C47H29N3S. The maximum atomic E-state index is 5.11. The minimum atomic E-state index is 0.651. The molecule has 10 aromatic rings. The number of nitrogens with zero attached hydrogens (tertiary/aromatic N) is 3. The van der Waals surface area contributed by atoms with Gasteiger partial charge in [-0.15, -0.1) is 11.3 Å². The number of hydrogen-bond acceptors (Lipinski definition) is 4. The van der Waals surface area contributed by atoms with Gasteiger partial charge in [0.25, 0.3) is 0 Å². The van der Waals surface area contributed by atoms with Crippen LogP contribution >= 0.6 is 11.3 Å². The normalized spacial score (nSPS) is 11.5. The quantitative estimate of drug-likeness (QED) is 0.135. The van der Waals surface area contributed by atoms with Crippen LogP contribution in [0.3, 0.4) is 0 Å². The highest BCUT2D eigenvalue weighted by molar-refractivity contribution is 7.22. The van der Waals surface area contributed by atoms with Crippen molar-refractivity contribution in [3.8, 4) is 55.7 Å². The summed E-state index contributed by atoms with van der Waals surface area (Å²) in [4.78, 5) is 16.3. The van der Waals surface area contributed by atoms with Gasteiger partial charge in [0.05, 0.1) is 4.88 Å². The summed E-state index contributed by atoms with van der Waals surface area (Å²) in [5.41, 5.74) is 6.57. The smallest absolute Gasteiger partial charge is 0.174 e. The zero-order valence-corrected chi connectivity index (χ0v) is 28.3. The topological polar surface area (TPSA) is 38.7 Å². The summed E-state index contributed by atoms with van der Waals surface area (Å²) in [5, 5.41) is 8.67. The highest BCUT2D eigenvalue weighted by atomic mass is 32.1. The van der Waals surface area contributed by atoms with E-state index in [9.17, 15) is 0 Å². The second-order valence-corrected chi connectivity index (χ2v) is 13.9. The van der Waals surface area contributed by atoms with Crippen molar-refractivity contribution in [2.24, 2.45) is 0 Å². The van der Waals surface area contributed by atoms with E-state index in [4.69, 9.17) is 15.0 Å². The van der Waals surface area contributed by atoms with Crippen molar-refractivity contribution >= 4 is 53.7 Å². The van der Waals surface area contributed by atoms with E-state index in [-0.39, 0.29) is 0 Å². The molecule has 0 saturated heterocycles. The van der Waals surface area contributed by atoms with Crippen LogP contribution in [-0.4, -0.2) is 15.0 Å². The maximum absolute atomic E-state index is 5.11. The van der Waals surface area contributed by atoms with Gasteiger partial charge in [-0.3, -0.25) is 0 Å². The van der Waals surface area contributed by atoms with Crippen LogP contribution in [0.2, 0.25) is 0 Å². The van der Waals surface area contributed by atoms with Gasteiger partial charge in [-0.2, -0.15) is 0 Å². The Balaban J connectivity index is 1.13. The largest absolute Gasteiger partial charge is 0.208 e. The van der Waals surface area contributed by atoms with Gasteiger partial charge in [-0.05, 0) is 84.2 Å². The second-order valence-electron chi connectivity index (χ2n) is 12.8. The second kappa shape index (κ2) is 12.1. The van der Waals surface area contributed by atoms with E-state index in [2.05, 4.69) is 170 Å². The Labute approximate surface area is 299 Å². The van der Waals surface area contributed by atoms with Gasteiger partial charge in [0.2, 0.25) is 0 Å². The van der Waals surface area contributed by atoms with Crippen LogP contribution in [0, 0.1) is 0 Å². The number of hydrogen-bond donors (Lipinski definition) is 0. The molecule has 0 fully saturated rings. The van der Waals surface area contributed by atoms with Crippen molar-refractivity contribution in [1.29, 1.82) is 0 Å². The summed E-state index contributed by atoms with van der Waals surface area (Å²) in [6.45, 7) is 0. The van der Waals surface area contributed by atoms with Gasteiger partial charge in [-0.1, -0.05) is 152 Å². The van der Waals surface area contributed by atoms with Crippen LogP contribution in [-0.2, 0) is 0 Å². The van der Waals surface area contributed by atoms with Crippen molar-refractivity contribution in [1.82, 2.24) is 15.0 Å². The summed E-state index contributed by atoms with van der Waals surface area (Å²) >= 11 is 1.71. The van der Waals surface area contributed by atoms with E-state index < -0.39 is 0 Å². The Morgan fingerprint density at radius 3 is 1.76 bits per heavy atom. The molecule has 0 saturated carbocycles. The number of fused-ring (bicyclic) bond motifs is 5. The lowest BCUT2D eigenvalue weighted by Crippen LogP contribution is -1.99. The SMILES string of the molecule is c1ccc(-c2cccc(-c3nc(-c4ccc(-c5c6ccccc6cc6c5ccc5ccccc56)cc4)nc(-c4cc5ccccc5s4)n3)c2)cc1. The molecule has 2 aromatic heterocycles. The van der Waals surface area contributed by atoms with Crippen LogP contribution < -0.4 is 0 Å². The minimum absolute atomic E-state index is 0.651. The molecule has 0 amide bonds. The lowest BCUT2D eigenvalue weighted by atomic mass is 9.89. The van der Waals surface area contributed by atoms with Gasteiger partial charge < -0.3 is 0 Å². The van der Waals surface area contributed by atoms with Gasteiger partial charge in [0.1, 0.15) is 0 Å². The van der Waals surface area contributed by atoms with Gasteiger partial charge >= 0.3 is 0 Å². The van der Waals surface area contributed by atoms with Gasteiger partial charge in [-0.25, -0.2) is 15.0 Å². The first-order valence-corrected chi connectivity index (χ1v) is 17.9. The molecule has 0 aliphatic heterocycles. The van der Waals surface area contributed by atoms with Crippen LogP contribution in [0.15, 0.2) is 176 Å². The highest BCUT2D eigenvalue weighted by Gasteiger charge is 2.17. The van der Waals surface area contributed by atoms with E-state index >= 15 is 0 Å². The van der Waals surface area contributed by atoms with Crippen molar-refractivity contribution < 1.29 is 0 Å². The first-order valence-electron chi connectivity index (χ1n) is 17.1. The third kappa shape index (κ3) is 5.25. The molecule has 2 heterocycles. The molecule has 0 radical (unpaired) electrons. The van der Waals surface area contributed by atoms with Gasteiger partial charge in [0.15, 0.2) is 17.5 Å². The van der Waals surface area contributed by atoms with E-state index in [1.165, 1.54) is 48.0 Å². The fourth-order valence-electron chi connectivity index (χ4n) is 7.22. The third-order valence-corrected chi connectivity index (χ3v) is 10.8. The summed E-state index contributed by atoms with van der Waals surface area (Å²) in [6.07, 6.45) is 0. The zero-order valence-electron chi connectivity index (χ0n) is 27.5. The van der Waals surface area contributed by atoms with Crippen molar-refractivity contribution in [3.63, 3.8) is 0 Å². The van der Waals surface area contributed by atoms with E-state index in [0.717, 1.165) is 32.7 Å². The van der Waals surface area contributed by atoms with Crippen LogP contribution in [0.25, 0.3) is 98.1 Å². The molecule has 0 bridgehead atoms. The summed E-state index contributed by atoms with van der Waals surface area (Å²) in [5.74, 6) is 1.98. The number of aromatic nitrogens is 3. The number of benzene rings is 8. The molecule has 3 nitrogen and oxygen atoms in total. The maximum Gasteiger partial charge on any atom is 0.174 e. The van der Waals surface area contributed by atoms with E-state index in [1.807, 2.05) is 6.07 Å². The molecular weight excluding hydrogens is 639 g/mol. The summed E-state index contributed by atoms with van der Waals surface area (Å²) in [6, 6.07) is 62.4. The first kappa shape index (κ1) is 29.4. The molecule has 0 unspecified atom stereocenters. The molecule has 8 aromatic carbocycles. The zero-order chi connectivity index (χ0) is 33.7. The summed E-state index contributed by atoms with van der Waals surface area (Å²) in [7, 11) is 0. The lowest BCUT2D eigenvalue weighted by molar-refractivity contribution is 1.08. The van der Waals surface area contributed by atoms with Crippen molar-refractivity contribution in [2.75, 3.05) is 0 Å². The lowest BCUT2D eigenvalue weighted by Gasteiger charge is -2.14. The van der Waals surface area contributed by atoms with E-state index in [0.29, 0.717) is 17.5 Å². The van der Waals surface area contributed by atoms with E-state index in [1.54, 1.807) is 11.3 Å². The van der Waals surface area contributed by atoms with Crippen molar-refractivity contribution in [3.05, 3.63) is 176 Å². The fourth-order valence-corrected chi connectivity index (χ4v) is 8.22. The molecule has 0 aliphatic rings. The predicted octanol–water partition coefficient (Wildman–Crippen LogP) is 12.9. The minimum Gasteiger partial charge on any atom is -0.208 e. The molecule has 51 heavy (non-hydrogen) atoms. The Morgan fingerprint density at radius 2 is 0.941 bits per heavy atom. The average molecular weight is 668 g/mol. The highest BCUT2D eigenvalue weighted by Crippen LogP contribution is 2.40. The Hall–Kier alpha value is -6.49. The monoisotopic (exact) mass is 667 g/mol. The number of rotatable bonds is 5. The predicted molar refractivity (Wildman–Crippen MR) is 215 cm³/mol. The van der Waals surface area contributed by atoms with Crippen LogP contribution in [0.4, 0.5) is 0 Å². The molecule has 0 N–H and O–H groups in total. The molecule has 238 valence electrons. The summed E-state index contributed by atoms with van der Waals surface area (Å²) < 4.78 is 1.21. The van der Waals surface area contributed by atoms with Crippen molar-refractivity contribution in [2.45, 2.75) is 0 Å². The Bertz CT molecular complexity index is 2880. The first-order chi connectivity index (χ1) is 25.2. The Morgan fingerprint density at radius 1 is 0.314 bits per heavy atom. The Kier molecular flexibility index (Phi) is 7.00. The molecule has 0 spiro atoms. The standard InChI is InChI=1S/C47H29N3S/c1-2-11-30(12-3-1)34-16-10-17-37(27-34)46-48-45(49-47(50-46)43-29-36-15-6-9-20-42(36)51-43)33-23-21-32(22-24-33)44-39-19-8-5-14-35(39)28-41-38-18-7-4-13-31(38)25-26-40(41)44/h1-29H.